The topological polar surface area (TPSA) is 56.8 Å². The Balaban J connectivity index is 2.02. The van der Waals surface area contributed by atoms with E-state index in [1.807, 2.05) is 63.2 Å². The molecular weight excluding hydrogens is 525 g/mol. The molecule has 0 aromatic heterocycles. The van der Waals surface area contributed by atoms with Crippen molar-refractivity contribution < 1.29 is 18.4 Å². The second-order valence-electron chi connectivity index (χ2n) is 9.98. The molecule has 1 N–H and O–H groups in total. The predicted molar refractivity (Wildman–Crippen MR) is 164 cm³/mol. The normalized spacial score (nSPS) is 13.1. The summed E-state index contributed by atoms with van der Waals surface area (Å²) >= 11 is 0. The van der Waals surface area contributed by atoms with Gasteiger partial charge in [-0.25, -0.2) is 8.93 Å². The maximum Gasteiger partial charge on any atom is 0.161 e. The summed E-state index contributed by atoms with van der Waals surface area (Å²) in [5, 5.41) is 3.51. The van der Waals surface area contributed by atoms with E-state index in [4.69, 9.17) is 14.2 Å². The Labute approximate surface area is 235 Å². The molecule has 2 atom stereocenters. The first-order valence-corrected chi connectivity index (χ1v) is 15.2. The number of ether oxygens (including phenoxy) is 3. The van der Waals surface area contributed by atoms with Crippen LogP contribution in [0, 0.1) is 0 Å². The van der Waals surface area contributed by atoms with E-state index in [-0.39, 0.29) is 6.04 Å². The zero-order chi connectivity index (χ0) is 28.0. The largest absolute Gasteiger partial charge is 0.497 e. The molecule has 0 aliphatic rings. The van der Waals surface area contributed by atoms with Crippen LogP contribution in [0.4, 0.5) is 0 Å². The lowest BCUT2D eigenvalue weighted by Gasteiger charge is -2.30. The van der Waals surface area contributed by atoms with Gasteiger partial charge < -0.3 is 14.2 Å². The zero-order valence-corrected chi connectivity index (χ0v) is 25.0. The third kappa shape index (κ3) is 6.70. The first-order chi connectivity index (χ1) is 18.8. The first kappa shape index (κ1) is 28.8. The molecule has 0 bridgehead atoms. The third-order valence-electron chi connectivity index (χ3n) is 6.34. The van der Waals surface area contributed by atoms with Crippen LogP contribution in [0.25, 0.3) is 0 Å². The summed E-state index contributed by atoms with van der Waals surface area (Å²) in [6, 6.07) is 32.6. The highest BCUT2D eigenvalue weighted by atomic mass is 32.2. The van der Waals surface area contributed by atoms with E-state index < -0.39 is 23.7 Å². The molecule has 0 radical (unpaired) electrons. The second-order valence-corrected chi connectivity index (χ2v) is 14.2. The van der Waals surface area contributed by atoms with Crippen LogP contribution in [0.15, 0.2) is 97.1 Å². The average molecular weight is 562 g/mol. The fraction of sp³-hybridized carbons (Fsp3) is 0.250. The first-order valence-electron chi connectivity index (χ1n) is 12.7. The van der Waals surface area contributed by atoms with E-state index >= 15 is 0 Å². The molecule has 0 spiro atoms. The molecule has 0 heterocycles. The Kier molecular flexibility index (Phi) is 9.45. The number of rotatable bonds is 10. The summed E-state index contributed by atoms with van der Waals surface area (Å²) in [6.07, 6.45) is 0. The van der Waals surface area contributed by atoms with Crippen molar-refractivity contribution in [3.8, 4) is 17.2 Å². The second kappa shape index (κ2) is 12.8. The lowest BCUT2D eigenvalue weighted by molar-refractivity contribution is 0.354. The predicted octanol–water partition coefficient (Wildman–Crippen LogP) is 5.61. The van der Waals surface area contributed by atoms with Gasteiger partial charge in [-0.2, -0.15) is 0 Å². The lowest BCUT2D eigenvalue weighted by Crippen LogP contribution is -2.38. The molecule has 0 aliphatic heterocycles. The highest BCUT2D eigenvalue weighted by Crippen LogP contribution is 2.41. The maximum atomic E-state index is 13.6. The van der Waals surface area contributed by atoms with Gasteiger partial charge in [-0.15, -0.1) is 0 Å². The highest BCUT2D eigenvalue weighted by molar-refractivity contribution is 7.84. The van der Waals surface area contributed by atoms with Crippen molar-refractivity contribution in [2.45, 2.75) is 31.6 Å². The van der Waals surface area contributed by atoms with Crippen LogP contribution in [0.2, 0.25) is 0 Å². The molecule has 0 saturated heterocycles. The molecule has 4 rings (SSSR count). The molecule has 39 heavy (non-hydrogen) atoms. The van der Waals surface area contributed by atoms with Gasteiger partial charge in [-0.3, -0.25) is 0 Å². The van der Waals surface area contributed by atoms with Crippen molar-refractivity contribution in [1.29, 1.82) is 0 Å². The van der Waals surface area contributed by atoms with Gasteiger partial charge in [-0.1, -0.05) is 72.8 Å². The van der Waals surface area contributed by atoms with Gasteiger partial charge >= 0.3 is 0 Å². The standard InChI is InChI=1S/C32H36NO4PS/c1-32(2,3)39(34)33-31(23-17-19-24(35-4)20-18-23)27-21-28(36-5)29(37-6)22-30(27)38(25-13-9-7-10-14-25)26-15-11-8-12-16-26/h7-22,31,33H,1-6H3/t31-,39+/m0/s1. The van der Waals surface area contributed by atoms with E-state index in [0.29, 0.717) is 11.5 Å². The molecule has 4 aromatic rings. The van der Waals surface area contributed by atoms with Crippen LogP contribution >= 0.6 is 7.92 Å². The van der Waals surface area contributed by atoms with E-state index in [1.165, 1.54) is 10.6 Å². The number of nitrogens with one attached hydrogen (secondary N) is 1. The summed E-state index contributed by atoms with van der Waals surface area (Å²) in [4.78, 5) is 0. The fourth-order valence-corrected chi connectivity index (χ4v) is 7.61. The molecule has 0 unspecified atom stereocenters. The number of methoxy groups -OCH3 is 3. The van der Waals surface area contributed by atoms with E-state index in [9.17, 15) is 4.21 Å². The van der Waals surface area contributed by atoms with Crippen molar-refractivity contribution in [2.24, 2.45) is 0 Å². The van der Waals surface area contributed by atoms with Gasteiger partial charge in [0.15, 0.2) is 11.5 Å². The van der Waals surface area contributed by atoms with Crippen LogP contribution in [-0.2, 0) is 11.0 Å². The van der Waals surface area contributed by atoms with E-state index in [2.05, 4.69) is 59.3 Å². The van der Waals surface area contributed by atoms with E-state index in [0.717, 1.165) is 22.2 Å². The van der Waals surface area contributed by atoms with Crippen LogP contribution in [0.3, 0.4) is 0 Å². The van der Waals surface area contributed by atoms with Crippen molar-refractivity contribution >= 4 is 34.8 Å². The molecule has 0 fully saturated rings. The molecular formula is C32H36NO4PS. The van der Waals surface area contributed by atoms with Gasteiger partial charge in [0.2, 0.25) is 0 Å². The maximum absolute atomic E-state index is 13.6. The molecule has 0 amide bonds. The number of benzene rings is 4. The summed E-state index contributed by atoms with van der Waals surface area (Å²) in [5.41, 5.74) is 1.95. The van der Waals surface area contributed by atoms with Gasteiger partial charge in [0.25, 0.3) is 0 Å². The van der Waals surface area contributed by atoms with Crippen LogP contribution in [-0.4, -0.2) is 30.3 Å². The van der Waals surface area contributed by atoms with Gasteiger partial charge in [-0.05, 0) is 80.0 Å². The molecule has 5 nitrogen and oxygen atoms in total. The Morgan fingerprint density at radius 3 is 1.69 bits per heavy atom. The third-order valence-corrected chi connectivity index (χ3v) is 10.4. The minimum atomic E-state index is -1.35. The van der Waals surface area contributed by atoms with Crippen molar-refractivity contribution in [1.82, 2.24) is 4.72 Å². The monoisotopic (exact) mass is 561 g/mol. The van der Waals surface area contributed by atoms with Crippen molar-refractivity contribution in [2.75, 3.05) is 21.3 Å². The Hall–Kier alpha value is -3.18. The molecule has 0 saturated carbocycles. The molecule has 0 aliphatic carbocycles. The molecule has 204 valence electrons. The zero-order valence-electron chi connectivity index (χ0n) is 23.3. The number of hydrogen-bond acceptors (Lipinski definition) is 4. The summed E-state index contributed by atoms with van der Waals surface area (Å²) in [7, 11) is 2.61. The molecule has 7 heteroatoms. The molecule has 4 aromatic carbocycles. The SMILES string of the molecule is COc1ccc([C@H](N[S@](=O)C(C)(C)C)c2cc(OC)c(OC)cc2P(c2ccccc2)c2ccccc2)cc1. The van der Waals surface area contributed by atoms with Gasteiger partial charge in [0.05, 0.1) is 43.1 Å². The minimum absolute atomic E-state index is 0.386. The van der Waals surface area contributed by atoms with Crippen LogP contribution in [0.1, 0.15) is 37.9 Å². The summed E-state index contributed by atoms with van der Waals surface area (Å²) in [5.74, 6) is 2.04. The van der Waals surface area contributed by atoms with Crippen molar-refractivity contribution in [3.63, 3.8) is 0 Å². The van der Waals surface area contributed by atoms with Crippen LogP contribution < -0.4 is 34.8 Å². The van der Waals surface area contributed by atoms with E-state index in [1.54, 1.807) is 21.3 Å². The Morgan fingerprint density at radius 1 is 0.718 bits per heavy atom. The van der Waals surface area contributed by atoms with Crippen molar-refractivity contribution in [3.05, 3.63) is 108 Å². The fourth-order valence-electron chi connectivity index (χ4n) is 4.28. The quantitative estimate of drug-likeness (QED) is 0.256. The lowest BCUT2D eigenvalue weighted by atomic mass is 9.99. The Morgan fingerprint density at radius 2 is 1.23 bits per heavy atom. The van der Waals surface area contributed by atoms with Gasteiger partial charge in [0.1, 0.15) is 5.75 Å². The average Bonchev–Trinajstić information content (AvgIpc) is 2.96. The minimum Gasteiger partial charge on any atom is -0.497 e. The Bertz CT molecular complexity index is 1350. The van der Waals surface area contributed by atoms with Crippen LogP contribution in [0.5, 0.6) is 17.2 Å². The van der Waals surface area contributed by atoms with Gasteiger partial charge in [0, 0.05) is 0 Å². The summed E-state index contributed by atoms with van der Waals surface area (Å²) < 4.78 is 33.6. The number of hydrogen-bond donors (Lipinski definition) is 1. The summed E-state index contributed by atoms with van der Waals surface area (Å²) in [6.45, 7) is 5.91. The smallest absolute Gasteiger partial charge is 0.161 e. The highest BCUT2D eigenvalue weighted by Gasteiger charge is 2.30.